The first-order chi connectivity index (χ1) is 9.71. The first kappa shape index (κ1) is 15.8. The Balaban J connectivity index is 2.37. The molecule has 8 heteroatoms. The molecule has 4 nitrogen and oxygen atoms in total. The van der Waals surface area contributed by atoms with Crippen molar-refractivity contribution in [2.45, 2.75) is 32.1 Å². The van der Waals surface area contributed by atoms with E-state index in [1.807, 2.05) is 13.8 Å². The van der Waals surface area contributed by atoms with Crippen molar-refractivity contribution in [3.63, 3.8) is 0 Å². The van der Waals surface area contributed by atoms with Crippen molar-refractivity contribution < 1.29 is 13.2 Å². The summed E-state index contributed by atoms with van der Waals surface area (Å²) in [6.45, 7) is 3.81. The third kappa shape index (κ3) is 3.19. The van der Waals surface area contributed by atoms with Crippen LogP contribution in [-0.2, 0) is 6.18 Å². The van der Waals surface area contributed by atoms with Gasteiger partial charge in [-0.3, -0.25) is 9.67 Å². The Hall–Kier alpha value is -1.60. The minimum Gasteiger partial charge on any atom is -0.318 e. The van der Waals surface area contributed by atoms with E-state index in [9.17, 15) is 13.2 Å². The van der Waals surface area contributed by atoms with Crippen molar-refractivity contribution in [2.75, 3.05) is 0 Å². The second-order valence-electron chi connectivity index (χ2n) is 4.86. The summed E-state index contributed by atoms with van der Waals surface area (Å²) in [4.78, 5) is 3.80. The zero-order chi connectivity index (χ0) is 15.8. The molecule has 0 aliphatic heterocycles. The van der Waals surface area contributed by atoms with Crippen LogP contribution in [-0.4, -0.2) is 14.8 Å². The summed E-state index contributed by atoms with van der Waals surface area (Å²) < 4.78 is 39.2. The Kier molecular flexibility index (Phi) is 4.25. The molecular formula is C13H14ClF3N4. The van der Waals surface area contributed by atoms with E-state index in [0.717, 1.165) is 12.3 Å². The standard InChI is InChI=1S/C13H14ClF3N4/c1-7(2)21-12(9(14)6-20-21)11(18)10-4-3-8(5-19-10)13(15,16)17/h3-7,11H,18H2,1-2H3. The molecule has 1 atom stereocenters. The zero-order valence-corrected chi connectivity index (χ0v) is 12.2. The van der Waals surface area contributed by atoms with Crippen molar-refractivity contribution in [1.29, 1.82) is 0 Å². The topological polar surface area (TPSA) is 56.7 Å². The highest BCUT2D eigenvalue weighted by Crippen LogP contribution is 2.31. The van der Waals surface area contributed by atoms with E-state index < -0.39 is 17.8 Å². The highest BCUT2D eigenvalue weighted by molar-refractivity contribution is 6.31. The summed E-state index contributed by atoms with van der Waals surface area (Å²) in [6, 6.07) is 1.48. The maximum Gasteiger partial charge on any atom is 0.417 e. The number of nitrogens with two attached hydrogens (primary N) is 1. The smallest absolute Gasteiger partial charge is 0.318 e. The van der Waals surface area contributed by atoms with Gasteiger partial charge in [-0.05, 0) is 26.0 Å². The number of nitrogens with zero attached hydrogens (tertiary/aromatic N) is 3. The van der Waals surface area contributed by atoms with Crippen LogP contribution < -0.4 is 5.73 Å². The van der Waals surface area contributed by atoms with Gasteiger partial charge >= 0.3 is 6.18 Å². The van der Waals surface area contributed by atoms with Gasteiger partial charge in [-0.15, -0.1) is 0 Å². The van der Waals surface area contributed by atoms with Gasteiger partial charge in [0.25, 0.3) is 0 Å². The molecule has 0 aromatic carbocycles. The maximum absolute atomic E-state index is 12.5. The zero-order valence-electron chi connectivity index (χ0n) is 11.4. The van der Waals surface area contributed by atoms with Crippen LogP contribution in [0.2, 0.25) is 5.02 Å². The number of halogens is 4. The van der Waals surface area contributed by atoms with Crippen molar-refractivity contribution in [1.82, 2.24) is 14.8 Å². The molecule has 114 valence electrons. The summed E-state index contributed by atoms with van der Waals surface area (Å²) in [5.41, 5.74) is 6.08. The first-order valence-corrected chi connectivity index (χ1v) is 6.61. The normalized spacial score (nSPS) is 13.7. The van der Waals surface area contributed by atoms with E-state index in [-0.39, 0.29) is 6.04 Å². The quantitative estimate of drug-likeness (QED) is 0.941. The van der Waals surface area contributed by atoms with Crippen LogP contribution in [0.25, 0.3) is 0 Å². The largest absolute Gasteiger partial charge is 0.417 e. The lowest BCUT2D eigenvalue weighted by molar-refractivity contribution is -0.137. The molecule has 0 spiro atoms. The fraction of sp³-hybridized carbons (Fsp3) is 0.385. The molecule has 0 aliphatic carbocycles. The van der Waals surface area contributed by atoms with Gasteiger partial charge in [0.15, 0.2) is 0 Å². The van der Waals surface area contributed by atoms with Crippen LogP contribution in [0.15, 0.2) is 24.5 Å². The number of alkyl halides is 3. The monoisotopic (exact) mass is 318 g/mol. The van der Waals surface area contributed by atoms with E-state index in [2.05, 4.69) is 10.1 Å². The molecule has 2 rings (SSSR count). The average molecular weight is 319 g/mol. The minimum absolute atomic E-state index is 0.0213. The third-order valence-corrected chi connectivity index (χ3v) is 3.29. The molecule has 1 unspecified atom stereocenters. The van der Waals surface area contributed by atoms with Gasteiger partial charge in [0.2, 0.25) is 0 Å². The molecule has 2 aromatic heterocycles. The highest BCUT2D eigenvalue weighted by Gasteiger charge is 2.31. The van der Waals surface area contributed by atoms with Crippen LogP contribution in [0, 0.1) is 0 Å². The summed E-state index contributed by atoms with van der Waals surface area (Å²) >= 11 is 6.07. The van der Waals surface area contributed by atoms with Crippen molar-refractivity contribution >= 4 is 11.6 Å². The SMILES string of the molecule is CC(C)n1ncc(Cl)c1C(N)c1ccc(C(F)(F)F)cn1. The fourth-order valence-corrected chi connectivity index (χ4v) is 2.20. The molecular weight excluding hydrogens is 305 g/mol. The van der Waals surface area contributed by atoms with Crippen LogP contribution >= 0.6 is 11.6 Å². The third-order valence-electron chi connectivity index (χ3n) is 3.00. The predicted molar refractivity (Wildman–Crippen MR) is 72.9 cm³/mol. The second kappa shape index (κ2) is 5.65. The van der Waals surface area contributed by atoms with Crippen LogP contribution in [0.5, 0.6) is 0 Å². The van der Waals surface area contributed by atoms with E-state index in [0.29, 0.717) is 16.4 Å². The van der Waals surface area contributed by atoms with Gasteiger partial charge in [-0.1, -0.05) is 11.6 Å². The fourth-order valence-electron chi connectivity index (χ4n) is 1.95. The van der Waals surface area contributed by atoms with Gasteiger partial charge in [-0.2, -0.15) is 18.3 Å². The molecule has 2 N–H and O–H groups in total. The van der Waals surface area contributed by atoms with Crippen LogP contribution in [0.4, 0.5) is 13.2 Å². The lowest BCUT2D eigenvalue weighted by Gasteiger charge is -2.17. The van der Waals surface area contributed by atoms with Gasteiger partial charge < -0.3 is 5.73 Å². The Bertz CT molecular complexity index is 619. The van der Waals surface area contributed by atoms with Crippen LogP contribution in [0.1, 0.15) is 42.9 Å². The molecule has 21 heavy (non-hydrogen) atoms. The number of aromatic nitrogens is 3. The molecule has 0 bridgehead atoms. The lowest BCUT2D eigenvalue weighted by atomic mass is 10.1. The van der Waals surface area contributed by atoms with E-state index in [1.54, 1.807) is 4.68 Å². The summed E-state index contributed by atoms with van der Waals surface area (Å²) in [5.74, 6) is 0. The van der Waals surface area contributed by atoms with Crippen LogP contribution in [0.3, 0.4) is 0 Å². The molecule has 0 saturated carbocycles. The molecule has 0 radical (unpaired) electrons. The van der Waals surface area contributed by atoms with Gasteiger partial charge in [0, 0.05) is 12.2 Å². The Morgan fingerprint density at radius 3 is 2.38 bits per heavy atom. The molecule has 2 heterocycles. The summed E-state index contributed by atoms with van der Waals surface area (Å²) in [6.07, 6.45) is -2.20. The van der Waals surface area contributed by atoms with Crippen molar-refractivity contribution in [3.05, 3.63) is 46.5 Å². The first-order valence-electron chi connectivity index (χ1n) is 6.23. The van der Waals surface area contributed by atoms with Crippen molar-refractivity contribution in [2.24, 2.45) is 5.73 Å². The van der Waals surface area contributed by atoms with Gasteiger partial charge in [0.1, 0.15) is 0 Å². The lowest BCUT2D eigenvalue weighted by Crippen LogP contribution is -2.20. The summed E-state index contributed by atoms with van der Waals surface area (Å²) in [7, 11) is 0. The number of rotatable bonds is 3. The number of hydrogen-bond acceptors (Lipinski definition) is 3. The second-order valence-corrected chi connectivity index (χ2v) is 5.27. The minimum atomic E-state index is -4.42. The van der Waals surface area contributed by atoms with Gasteiger partial charge in [0.05, 0.1) is 34.2 Å². The summed E-state index contributed by atoms with van der Waals surface area (Å²) in [5, 5.41) is 4.47. The molecule has 0 saturated heterocycles. The predicted octanol–water partition coefficient (Wildman–Crippen LogP) is 3.58. The Morgan fingerprint density at radius 1 is 1.24 bits per heavy atom. The van der Waals surface area contributed by atoms with E-state index in [4.69, 9.17) is 17.3 Å². The van der Waals surface area contributed by atoms with Gasteiger partial charge in [-0.25, -0.2) is 0 Å². The van der Waals surface area contributed by atoms with Crippen molar-refractivity contribution in [3.8, 4) is 0 Å². The maximum atomic E-state index is 12.5. The molecule has 2 aromatic rings. The molecule has 0 aliphatic rings. The number of hydrogen-bond donors (Lipinski definition) is 1. The molecule has 0 fully saturated rings. The Morgan fingerprint density at radius 2 is 1.90 bits per heavy atom. The number of pyridine rings is 1. The Labute approximate surface area is 124 Å². The van der Waals surface area contributed by atoms with E-state index >= 15 is 0 Å². The van der Waals surface area contributed by atoms with E-state index in [1.165, 1.54) is 12.3 Å². The highest BCUT2D eigenvalue weighted by atomic mass is 35.5. The average Bonchev–Trinajstić information content (AvgIpc) is 2.79. The molecule has 0 amide bonds.